The van der Waals surface area contributed by atoms with Crippen molar-refractivity contribution in [2.75, 3.05) is 0 Å². The molecule has 0 aliphatic carbocycles. The highest BCUT2D eigenvalue weighted by molar-refractivity contribution is 6.38. The molecule has 0 saturated carbocycles. The first-order valence-electron chi connectivity index (χ1n) is 10.6. The molecule has 0 aliphatic rings. The highest BCUT2D eigenvalue weighted by atomic mass is 35.5. The van der Waals surface area contributed by atoms with Crippen LogP contribution in [0.15, 0.2) is 66.9 Å². The molecule has 0 aliphatic heterocycles. The Hall–Kier alpha value is -3.19. The Balaban J connectivity index is 1.86. The summed E-state index contributed by atoms with van der Waals surface area (Å²) >= 11 is 12.3. The fourth-order valence-electron chi connectivity index (χ4n) is 3.92. The lowest BCUT2D eigenvalue weighted by Crippen LogP contribution is -2.42. The van der Waals surface area contributed by atoms with Gasteiger partial charge in [-0.1, -0.05) is 53.5 Å². The smallest absolute Gasteiger partial charge is 0.356 e. The number of nitrogens with zero attached hydrogens (tertiary/aromatic N) is 2. The molecule has 1 heterocycles. The molecule has 4 aromatic rings. The summed E-state index contributed by atoms with van der Waals surface area (Å²) < 4.78 is 90.0. The minimum Gasteiger partial charge on any atom is -0.356 e. The Morgan fingerprint density at radius 3 is 2.05 bits per heavy atom. The van der Waals surface area contributed by atoms with Crippen LogP contribution in [0.3, 0.4) is 0 Å². The van der Waals surface area contributed by atoms with Gasteiger partial charge in [0, 0.05) is 17.1 Å². The number of aromatic nitrogens is 1. The van der Waals surface area contributed by atoms with Gasteiger partial charge in [-0.2, -0.15) is 31.6 Å². The molecule has 0 saturated heterocycles. The number of halogens is 8. The van der Waals surface area contributed by atoms with Gasteiger partial charge in [0.15, 0.2) is 5.60 Å². The van der Waals surface area contributed by atoms with E-state index in [1.165, 1.54) is 47.0 Å². The van der Waals surface area contributed by atoms with E-state index in [-0.39, 0.29) is 32.2 Å². The molecule has 192 valence electrons. The largest absolute Gasteiger partial charge is 0.421 e. The predicted octanol–water partition coefficient (Wildman–Crippen LogP) is 8.82. The first kappa shape index (κ1) is 26.9. The Morgan fingerprint density at radius 1 is 0.919 bits per heavy atom. The molecule has 3 nitrogen and oxygen atoms in total. The molecule has 0 spiro atoms. The quantitative estimate of drug-likeness (QED) is 0.230. The predicted molar refractivity (Wildman–Crippen MR) is 128 cm³/mol. The second kappa shape index (κ2) is 9.60. The maximum absolute atomic E-state index is 14.5. The van der Waals surface area contributed by atoms with Crippen LogP contribution in [-0.4, -0.2) is 10.7 Å². The van der Waals surface area contributed by atoms with Crippen LogP contribution >= 0.6 is 23.2 Å². The van der Waals surface area contributed by atoms with E-state index in [1.54, 1.807) is 6.07 Å². The molecular weight excluding hydrogens is 541 g/mol. The number of rotatable bonds is 5. The van der Waals surface area contributed by atoms with Crippen LogP contribution in [0, 0.1) is 11.3 Å². The lowest BCUT2D eigenvalue weighted by atomic mass is 9.94. The monoisotopic (exact) mass is 556 g/mol. The third kappa shape index (κ3) is 5.01. The van der Waals surface area contributed by atoms with Crippen molar-refractivity contribution in [1.82, 2.24) is 4.57 Å². The van der Waals surface area contributed by atoms with Crippen LogP contribution < -0.4 is 0 Å². The van der Waals surface area contributed by atoms with Crippen LogP contribution in [0.25, 0.3) is 16.6 Å². The molecule has 3 aromatic carbocycles. The van der Waals surface area contributed by atoms with E-state index in [0.717, 1.165) is 13.1 Å². The number of fused-ring (bicyclic) bond motifs is 1. The first-order chi connectivity index (χ1) is 17.3. The van der Waals surface area contributed by atoms with Gasteiger partial charge in [0.1, 0.15) is 0 Å². The van der Waals surface area contributed by atoms with Gasteiger partial charge in [-0.15, -0.1) is 0 Å². The van der Waals surface area contributed by atoms with Crippen molar-refractivity contribution < 1.29 is 31.1 Å². The van der Waals surface area contributed by atoms with Crippen LogP contribution in [0.4, 0.5) is 26.3 Å². The number of nitriles is 1. The molecule has 1 atom stereocenters. The normalized spacial score (nSPS) is 13.9. The molecular formula is C26H16Cl2F6N2O. The average molecular weight is 557 g/mol. The maximum atomic E-state index is 14.5. The number of hydrogen-bond acceptors (Lipinski definition) is 2. The maximum Gasteiger partial charge on any atom is 0.421 e. The molecule has 11 heteroatoms. The second-order valence-corrected chi connectivity index (χ2v) is 9.16. The number of ether oxygens (including phenoxy) is 1. The number of hydrogen-bond donors (Lipinski definition) is 0. The first-order valence-corrected chi connectivity index (χ1v) is 11.4. The highest BCUT2D eigenvalue weighted by Gasteiger charge is 2.55. The molecule has 1 unspecified atom stereocenters. The minimum atomic E-state index is -4.89. The molecule has 4 rings (SSSR count). The van der Waals surface area contributed by atoms with Gasteiger partial charge in [-0.05, 0) is 42.8 Å². The zero-order valence-electron chi connectivity index (χ0n) is 18.9. The van der Waals surface area contributed by atoms with Crippen molar-refractivity contribution >= 4 is 34.1 Å². The number of para-hydroxylation sites is 1. The number of benzene rings is 3. The van der Waals surface area contributed by atoms with Gasteiger partial charge >= 0.3 is 12.4 Å². The minimum absolute atomic E-state index is 0.101. The molecule has 0 bridgehead atoms. The summed E-state index contributed by atoms with van der Waals surface area (Å²) in [6.07, 6.45) is -8.48. The second-order valence-electron chi connectivity index (χ2n) is 8.34. The number of alkyl halides is 6. The SMILES string of the molecule is CC(OCc1ccc(C#N)cc1)(c1cn(-c2c(Cl)cc(C(F)(F)F)cc2Cl)c2ccccc12)C(F)(F)F. The Kier molecular flexibility index (Phi) is 6.97. The van der Waals surface area contributed by atoms with Gasteiger partial charge in [-0.3, -0.25) is 0 Å². The van der Waals surface area contributed by atoms with Crippen LogP contribution in [0.5, 0.6) is 0 Å². The third-order valence-electron chi connectivity index (χ3n) is 5.96. The molecule has 0 radical (unpaired) electrons. The summed E-state index contributed by atoms with van der Waals surface area (Å²) in [5, 5.41) is 8.30. The summed E-state index contributed by atoms with van der Waals surface area (Å²) in [5.41, 5.74) is -3.31. The summed E-state index contributed by atoms with van der Waals surface area (Å²) in [5.74, 6) is 0. The summed E-state index contributed by atoms with van der Waals surface area (Å²) in [6.45, 7) is 0.446. The van der Waals surface area contributed by atoms with Gasteiger partial charge in [0.25, 0.3) is 0 Å². The third-order valence-corrected chi connectivity index (χ3v) is 6.54. The van der Waals surface area contributed by atoms with Gasteiger partial charge in [0.05, 0.1) is 45.1 Å². The highest BCUT2D eigenvalue weighted by Crippen LogP contribution is 2.47. The zero-order chi connectivity index (χ0) is 27.2. The van der Waals surface area contributed by atoms with E-state index in [1.807, 2.05) is 6.07 Å². The average Bonchev–Trinajstić information content (AvgIpc) is 3.21. The Labute approximate surface area is 217 Å². The van der Waals surface area contributed by atoms with Crippen molar-refractivity contribution in [3.63, 3.8) is 0 Å². The van der Waals surface area contributed by atoms with Crippen molar-refractivity contribution in [1.29, 1.82) is 5.26 Å². The van der Waals surface area contributed by atoms with E-state index in [9.17, 15) is 26.3 Å². The van der Waals surface area contributed by atoms with E-state index >= 15 is 0 Å². The lowest BCUT2D eigenvalue weighted by Gasteiger charge is -2.32. The van der Waals surface area contributed by atoms with E-state index < -0.39 is 30.1 Å². The zero-order valence-corrected chi connectivity index (χ0v) is 20.4. The van der Waals surface area contributed by atoms with Crippen molar-refractivity contribution in [3.8, 4) is 11.8 Å². The van der Waals surface area contributed by atoms with Crippen molar-refractivity contribution in [3.05, 3.63) is 99.2 Å². The molecule has 0 fully saturated rings. The molecule has 37 heavy (non-hydrogen) atoms. The Morgan fingerprint density at radius 2 is 1.51 bits per heavy atom. The van der Waals surface area contributed by atoms with E-state index in [2.05, 4.69) is 0 Å². The lowest BCUT2D eigenvalue weighted by molar-refractivity contribution is -0.281. The molecule has 0 N–H and O–H groups in total. The van der Waals surface area contributed by atoms with Crippen molar-refractivity contribution in [2.45, 2.75) is 31.5 Å². The van der Waals surface area contributed by atoms with E-state index in [4.69, 9.17) is 33.2 Å². The topological polar surface area (TPSA) is 37.9 Å². The van der Waals surface area contributed by atoms with Gasteiger partial charge in [-0.25, -0.2) is 0 Å². The van der Waals surface area contributed by atoms with Crippen LogP contribution in [-0.2, 0) is 23.1 Å². The fourth-order valence-corrected chi connectivity index (χ4v) is 4.59. The summed E-state index contributed by atoms with van der Waals surface area (Å²) in [6, 6.07) is 15.2. The molecule has 1 aromatic heterocycles. The van der Waals surface area contributed by atoms with Crippen LogP contribution in [0.1, 0.15) is 29.2 Å². The summed E-state index contributed by atoms with van der Waals surface area (Å²) in [7, 11) is 0. The van der Waals surface area contributed by atoms with Crippen LogP contribution in [0.2, 0.25) is 10.0 Å². The van der Waals surface area contributed by atoms with Gasteiger partial charge < -0.3 is 9.30 Å². The Bertz CT molecular complexity index is 1480. The summed E-state index contributed by atoms with van der Waals surface area (Å²) in [4.78, 5) is 0. The standard InChI is InChI=1S/C26H16Cl2F6N2O/c1-24(26(32,33)34,37-14-16-8-6-15(12-35)7-9-16)19-13-36(22-5-3-2-4-18(19)22)23-20(27)10-17(11-21(23)28)25(29,30)31/h2-11,13H,14H2,1H3. The van der Waals surface area contributed by atoms with E-state index in [0.29, 0.717) is 23.3 Å². The fraction of sp³-hybridized carbons (Fsp3) is 0.192. The molecule has 0 amide bonds. The van der Waals surface area contributed by atoms with Gasteiger partial charge in [0.2, 0.25) is 0 Å². The van der Waals surface area contributed by atoms with Crippen molar-refractivity contribution in [2.24, 2.45) is 0 Å².